The SMILES string of the molecule is O=C(c1cccc(OCCOc2ccccc2)c1)N1CCCc2ccccc21. The minimum atomic E-state index is 0.0122. The summed E-state index contributed by atoms with van der Waals surface area (Å²) in [7, 11) is 0. The van der Waals surface area contributed by atoms with Gasteiger partial charge in [0.15, 0.2) is 0 Å². The average molecular weight is 373 g/mol. The summed E-state index contributed by atoms with van der Waals surface area (Å²) in [4.78, 5) is 14.9. The highest BCUT2D eigenvalue weighted by molar-refractivity contribution is 6.07. The lowest BCUT2D eigenvalue weighted by atomic mass is 10.0. The van der Waals surface area contributed by atoms with Crippen molar-refractivity contribution in [1.29, 1.82) is 0 Å². The first-order valence-electron chi connectivity index (χ1n) is 9.62. The van der Waals surface area contributed by atoms with E-state index in [1.807, 2.05) is 77.7 Å². The molecule has 3 aromatic carbocycles. The number of rotatable bonds is 6. The number of hydrogen-bond acceptors (Lipinski definition) is 3. The van der Waals surface area contributed by atoms with Gasteiger partial charge in [0.05, 0.1) is 0 Å². The number of nitrogens with zero attached hydrogens (tertiary/aromatic N) is 1. The third-order valence-corrected chi connectivity index (χ3v) is 4.80. The highest BCUT2D eigenvalue weighted by Gasteiger charge is 2.23. The summed E-state index contributed by atoms with van der Waals surface area (Å²) in [6, 6.07) is 25.1. The highest BCUT2D eigenvalue weighted by atomic mass is 16.5. The van der Waals surface area contributed by atoms with E-state index in [-0.39, 0.29) is 5.91 Å². The molecule has 1 aliphatic heterocycles. The first-order valence-corrected chi connectivity index (χ1v) is 9.62. The maximum atomic E-state index is 13.1. The Bertz CT molecular complexity index is 939. The molecule has 4 rings (SSSR count). The van der Waals surface area contributed by atoms with Gasteiger partial charge < -0.3 is 14.4 Å². The number of anilines is 1. The van der Waals surface area contributed by atoms with Gasteiger partial charge in [-0.3, -0.25) is 4.79 Å². The van der Waals surface area contributed by atoms with Crippen molar-refractivity contribution in [3.63, 3.8) is 0 Å². The van der Waals surface area contributed by atoms with Crippen molar-refractivity contribution in [1.82, 2.24) is 0 Å². The Balaban J connectivity index is 1.39. The van der Waals surface area contributed by atoms with Gasteiger partial charge in [-0.2, -0.15) is 0 Å². The molecule has 28 heavy (non-hydrogen) atoms. The van der Waals surface area contributed by atoms with Gasteiger partial charge in [-0.25, -0.2) is 0 Å². The van der Waals surface area contributed by atoms with E-state index >= 15 is 0 Å². The summed E-state index contributed by atoms with van der Waals surface area (Å²) in [5.74, 6) is 1.50. The first-order chi connectivity index (χ1) is 13.8. The summed E-state index contributed by atoms with van der Waals surface area (Å²) in [5, 5.41) is 0. The van der Waals surface area contributed by atoms with E-state index < -0.39 is 0 Å². The van der Waals surface area contributed by atoms with E-state index in [4.69, 9.17) is 9.47 Å². The number of carbonyl (C=O) groups excluding carboxylic acids is 1. The Morgan fingerprint density at radius 1 is 0.821 bits per heavy atom. The lowest BCUT2D eigenvalue weighted by Crippen LogP contribution is -2.35. The van der Waals surface area contributed by atoms with Crippen molar-refractivity contribution in [3.8, 4) is 11.5 Å². The Morgan fingerprint density at radius 3 is 2.39 bits per heavy atom. The molecule has 0 saturated heterocycles. The molecule has 1 amide bonds. The van der Waals surface area contributed by atoms with Gasteiger partial charge >= 0.3 is 0 Å². The summed E-state index contributed by atoms with van der Waals surface area (Å²) >= 11 is 0. The van der Waals surface area contributed by atoms with Crippen LogP contribution in [0.4, 0.5) is 5.69 Å². The average Bonchev–Trinajstić information content (AvgIpc) is 2.77. The van der Waals surface area contributed by atoms with Crippen LogP contribution in [0, 0.1) is 0 Å². The molecule has 0 unspecified atom stereocenters. The van der Waals surface area contributed by atoms with Gasteiger partial charge in [0.2, 0.25) is 0 Å². The normalized spacial score (nSPS) is 12.9. The zero-order valence-electron chi connectivity index (χ0n) is 15.7. The smallest absolute Gasteiger partial charge is 0.258 e. The van der Waals surface area contributed by atoms with Gasteiger partial charge in [-0.05, 0) is 54.8 Å². The molecule has 142 valence electrons. The number of para-hydroxylation sites is 2. The summed E-state index contributed by atoms with van der Waals surface area (Å²) in [5.41, 5.74) is 2.88. The van der Waals surface area contributed by atoms with E-state index in [1.165, 1.54) is 5.56 Å². The van der Waals surface area contributed by atoms with E-state index in [2.05, 4.69) is 6.07 Å². The van der Waals surface area contributed by atoms with Gasteiger partial charge in [0, 0.05) is 17.8 Å². The van der Waals surface area contributed by atoms with Crippen LogP contribution in [-0.2, 0) is 6.42 Å². The minimum absolute atomic E-state index is 0.0122. The molecule has 4 nitrogen and oxygen atoms in total. The third-order valence-electron chi connectivity index (χ3n) is 4.80. The van der Waals surface area contributed by atoms with E-state index in [0.717, 1.165) is 30.8 Å². The van der Waals surface area contributed by atoms with Crippen LogP contribution in [0.3, 0.4) is 0 Å². The van der Waals surface area contributed by atoms with Crippen molar-refractivity contribution in [2.24, 2.45) is 0 Å². The lowest BCUT2D eigenvalue weighted by molar-refractivity contribution is 0.0984. The van der Waals surface area contributed by atoms with E-state index in [9.17, 15) is 4.79 Å². The second-order valence-corrected chi connectivity index (χ2v) is 6.73. The van der Waals surface area contributed by atoms with E-state index in [1.54, 1.807) is 0 Å². The summed E-state index contributed by atoms with van der Waals surface area (Å²) < 4.78 is 11.4. The number of ether oxygens (including phenoxy) is 2. The Hall–Kier alpha value is -3.27. The van der Waals surface area contributed by atoms with Crippen LogP contribution in [0.2, 0.25) is 0 Å². The molecule has 3 aromatic rings. The van der Waals surface area contributed by atoms with Crippen molar-refractivity contribution < 1.29 is 14.3 Å². The van der Waals surface area contributed by atoms with Crippen LogP contribution in [-0.4, -0.2) is 25.7 Å². The zero-order chi connectivity index (χ0) is 19.2. The molecule has 4 heteroatoms. The van der Waals surface area contributed by atoms with Crippen LogP contribution >= 0.6 is 0 Å². The molecule has 0 saturated carbocycles. The molecule has 0 spiro atoms. The van der Waals surface area contributed by atoms with Crippen LogP contribution in [0.1, 0.15) is 22.3 Å². The third kappa shape index (κ3) is 4.17. The van der Waals surface area contributed by atoms with E-state index in [0.29, 0.717) is 24.5 Å². The molecule has 0 N–H and O–H groups in total. The largest absolute Gasteiger partial charge is 0.490 e. The number of hydrogen-bond donors (Lipinski definition) is 0. The molecule has 0 aromatic heterocycles. The predicted molar refractivity (Wildman–Crippen MR) is 110 cm³/mol. The van der Waals surface area contributed by atoms with Crippen molar-refractivity contribution in [2.45, 2.75) is 12.8 Å². The monoisotopic (exact) mass is 373 g/mol. The number of benzene rings is 3. The van der Waals surface area contributed by atoms with Gasteiger partial charge in [0.1, 0.15) is 24.7 Å². The van der Waals surface area contributed by atoms with Gasteiger partial charge in [-0.1, -0.05) is 42.5 Å². The number of aryl methyl sites for hydroxylation is 1. The predicted octanol–water partition coefficient (Wildman–Crippen LogP) is 4.74. The fourth-order valence-electron chi connectivity index (χ4n) is 3.46. The second kappa shape index (κ2) is 8.61. The van der Waals surface area contributed by atoms with Crippen molar-refractivity contribution in [3.05, 3.63) is 90.0 Å². The topological polar surface area (TPSA) is 38.8 Å². The van der Waals surface area contributed by atoms with Crippen molar-refractivity contribution >= 4 is 11.6 Å². The first kappa shape index (κ1) is 18.1. The molecule has 1 aliphatic rings. The Morgan fingerprint density at radius 2 is 1.54 bits per heavy atom. The maximum Gasteiger partial charge on any atom is 0.258 e. The number of amides is 1. The van der Waals surface area contributed by atoms with Gasteiger partial charge in [0.25, 0.3) is 5.91 Å². The van der Waals surface area contributed by atoms with Crippen molar-refractivity contribution in [2.75, 3.05) is 24.7 Å². The fourth-order valence-corrected chi connectivity index (χ4v) is 3.46. The molecule has 0 radical (unpaired) electrons. The molecule has 1 heterocycles. The number of fused-ring (bicyclic) bond motifs is 1. The lowest BCUT2D eigenvalue weighted by Gasteiger charge is -2.29. The van der Waals surface area contributed by atoms with Crippen LogP contribution in [0.15, 0.2) is 78.9 Å². The molecular formula is C24H23NO3. The zero-order valence-corrected chi connectivity index (χ0v) is 15.7. The van der Waals surface area contributed by atoms with Gasteiger partial charge in [-0.15, -0.1) is 0 Å². The molecule has 0 atom stereocenters. The Labute approximate surface area is 165 Å². The van der Waals surface area contributed by atoms with Crippen LogP contribution < -0.4 is 14.4 Å². The quantitative estimate of drug-likeness (QED) is 0.586. The fraction of sp³-hybridized carbons (Fsp3) is 0.208. The second-order valence-electron chi connectivity index (χ2n) is 6.73. The van der Waals surface area contributed by atoms with Crippen LogP contribution in [0.5, 0.6) is 11.5 Å². The van der Waals surface area contributed by atoms with Crippen LogP contribution in [0.25, 0.3) is 0 Å². The summed E-state index contributed by atoms with van der Waals surface area (Å²) in [6.45, 7) is 1.60. The maximum absolute atomic E-state index is 13.1. The minimum Gasteiger partial charge on any atom is -0.490 e. The molecular weight excluding hydrogens is 350 g/mol. The highest BCUT2D eigenvalue weighted by Crippen LogP contribution is 2.28. The molecule has 0 bridgehead atoms. The molecule has 0 aliphatic carbocycles. The number of carbonyl (C=O) groups is 1. The molecule has 0 fully saturated rings. The Kier molecular flexibility index (Phi) is 5.57. The summed E-state index contributed by atoms with van der Waals surface area (Å²) in [6.07, 6.45) is 2.00. The standard InChI is InChI=1S/C24H23NO3/c26-24(25-15-7-10-19-8-4-5-14-23(19)25)20-9-6-13-22(18-20)28-17-16-27-21-11-2-1-3-12-21/h1-6,8-9,11-14,18H,7,10,15-17H2.